The molecule has 6 rings (SSSR count). The monoisotopic (exact) mass is 734 g/mol. The third-order valence-electron chi connectivity index (χ3n) is 9.22. The molecule has 3 aliphatic rings. The van der Waals surface area contributed by atoms with E-state index in [0.29, 0.717) is 11.4 Å². The van der Waals surface area contributed by atoms with Crippen LogP contribution in [-0.4, -0.2) is 111 Å². The topological polar surface area (TPSA) is 317 Å². The zero-order valence-corrected chi connectivity index (χ0v) is 28.0. The fraction of sp³-hybridized carbons (Fsp3) is 0.406. The number of carboxylic acid groups (broad SMARTS) is 2. The van der Waals surface area contributed by atoms with E-state index in [-0.39, 0.29) is 79.7 Å². The highest BCUT2D eigenvalue weighted by atomic mass is 16.4. The van der Waals surface area contributed by atoms with Gasteiger partial charge >= 0.3 is 18.1 Å². The lowest BCUT2D eigenvalue weighted by Gasteiger charge is -2.34. The van der Waals surface area contributed by atoms with E-state index in [1.54, 1.807) is 19.1 Å². The van der Waals surface area contributed by atoms with E-state index in [1.165, 1.54) is 28.1 Å². The number of fused-ring (bicyclic) bond motifs is 1. The van der Waals surface area contributed by atoms with Gasteiger partial charge in [-0.1, -0.05) is 0 Å². The van der Waals surface area contributed by atoms with E-state index in [1.807, 2.05) is 0 Å². The summed E-state index contributed by atoms with van der Waals surface area (Å²) in [5, 5.41) is 28.0. The summed E-state index contributed by atoms with van der Waals surface area (Å²) < 4.78 is 0. The molecule has 3 fully saturated rings. The number of amides is 3. The molecule has 5 heterocycles. The number of benzene rings is 1. The van der Waals surface area contributed by atoms with Crippen LogP contribution < -0.4 is 27.2 Å². The van der Waals surface area contributed by atoms with Crippen molar-refractivity contribution in [3.8, 4) is 0 Å². The first-order chi connectivity index (χ1) is 25.2. The smallest absolute Gasteiger partial charge is 0.373 e. The van der Waals surface area contributed by atoms with E-state index in [4.69, 9.17) is 15.3 Å². The lowest BCUT2D eigenvalue weighted by atomic mass is 10.0. The summed E-state index contributed by atoms with van der Waals surface area (Å²) >= 11 is 0. The van der Waals surface area contributed by atoms with Crippen molar-refractivity contribution < 1.29 is 48.6 Å². The molecule has 2 aromatic heterocycles. The molecular weight excluding hydrogens is 700 g/mol. The van der Waals surface area contributed by atoms with Crippen LogP contribution in [0.4, 0.5) is 11.6 Å². The first-order valence-corrected chi connectivity index (χ1v) is 16.3. The Morgan fingerprint density at radius 3 is 2.42 bits per heavy atom. The van der Waals surface area contributed by atoms with Gasteiger partial charge in [-0.3, -0.25) is 44.1 Å². The number of rotatable bonds is 13. The van der Waals surface area contributed by atoms with E-state index in [0.717, 1.165) is 0 Å². The van der Waals surface area contributed by atoms with Crippen molar-refractivity contribution >= 4 is 64.4 Å². The normalized spacial score (nSPS) is 21.9. The number of carboxylic acids is 2. The zero-order valence-electron chi connectivity index (χ0n) is 28.0. The molecular formula is C32H34N10O11. The number of hydrogen-bond donors (Lipinski definition) is 7. The number of aliphatic carboxylic acids is 2. The molecule has 5 atom stereocenters. The predicted molar refractivity (Wildman–Crippen MR) is 177 cm³/mol. The number of anilines is 2. The number of H-pyrrole nitrogens is 1. The van der Waals surface area contributed by atoms with Gasteiger partial charge in [0.05, 0.1) is 24.5 Å². The van der Waals surface area contributed by atoms with Crippen molar-refractivity contribution in [1.82, 2.24) is 40.4 Å². The molecule has 8 N–H and O–H groups in total. The summed E-state index contributed by atoms with van der Waals surface area (Å²) in [4.78, 5) is 121. The Labute approximate surface area is 298 Å². The summed E-state index contributed by atoms with van der Waals surface area (Å²) in [6.07, 6.45) is 1.76. The van der Waals surface area contributed by atoms with Crippen molar-refractivity contribution in [2.24, 2.45) is 0 Å². The number of nitrogen functional groups attached to an aromatic ring is 1. The van der Waals surface area contributed by atoms with Crippen LogP contribution in [0.25, 0.3) is 11.2 Å². The number of nitrogens with one attached hydrogen (secondary N) is 4. The van der Waals surface area contributed by atoms with Gasteiger partial charge < -0.3 is 26.6 Å². The minimum Gasteiger partial charge on any atom is -0.480 e. The fourth-order valence-corrected chi connectivity index (χ4v) is 6.80. The first-order valence-electron chi connectivity index (χ1n) is 16.3. The van der Waals surface area contributed by atoms with Crippen molar-refractivity contribution in [1.29, 1.82) is 0 Å². The molecule has 21 heteroatoms. The molecule has 53 heavy (non-hydrogen) atoms. The minimum absolute atomic E-state index is 0.0345. The lowest BCUT2D eigenvalue weighted by Crippen LogP contribution is -2.58. The number of Topliss-reactive ketones (excluding diaryl/α,β-unsaturated/α-hetero) is 1. The third kappa shape index (κ3) is 7.55. The van der Waals surface area contributed by atoms with Gasteiger partial charge in [0.2, 0.25) is 17.8 Å². The number of nitrogens with zero attached hydrogens (tertiary/aromatic N) is 5. The molecule has 0 radical (unpaired) electrons. The maximum Gasteiger partial charge on any atom is 0.373 e. The van der Waals surface area contributed by atoms with Crippen molar-refractivity contribution in [2.75, 3.05) is 11.1 Å². The highest BCUT2D eigenvalue weighted by Crippen LogP contribution is 2.46. The number of aromatic amines is 1. The molecule has 5 unspecified atom stereocenters. The molecule has 1 spiro atoms. The predicted octanol–water partition coefficient (Wildman–Crippen LogP) is -1.43. The summed E-state index contributed by atoms with van der Waals surface area (Å²) in [5.74, 6) is -5.61. The van der Waals surface area contributed by atoms with Crippen LogP contribution in [0.15, 0.2) is 35.3 Å². The SMILES string of the molecule is CC1C(=O)N2C(C(=O)O)CCC23NC(CCC(=O)CCC(NC(=O)c2ccc(NCc4cnc5nc(N)[nH]c(=O)c5n4)cc2)C(=O)O)C(=O)N13.O=C=O. The average Bonchev–Trinajstić information content (AvgIpc) is 3.70. The van der Waals surface area contributed by atoms with Crippen LogP contribution in [0.5, 0.6) is 0 Å². The van der Waals surface area contributed by atoms with Gasteiger partial charge in [0, 0.05) is 30.5 Å². The number of aromatic nitrogens is 4. The van der Waals surface area contributed by atoms with Gasteiger partial charge in [-0.15, -0.1) is 0 Å². The molecule has 0 aliphatic carbocycles. The standard InChI is InChI=1S/C31H34N10O9.CO2/c1-14-26(45)41-21(29(49)50)10-11-31(41)39-19(27(46)40(14)31)8-6-18(42)7-9-20(28(47)48)36-24(43)15-2-4-16(5-3-15)33-12-17-13-34-23-22(35-17)25(44)38-30(32)37-23;2-1-3/h2-5,13-14,19-21,33,39H,6-12H2,1H3,(H,36,43)(H,47,48)(H,49,50)(H3,32,34,37,38,44);. The summed E-state index contributed by atoms with van der Waals surface area (Å²) in [6.45, 7) is 1.74. The van der Waals surface area contributed by atoms with Gasteiger partial charge in [0.15, 0.2) is 17.0 Å². The summed E-state index contributed by atoms with van der Waals surface area (Å²) in [6, 6.07) is 2.10. The van der Waals surface area contributed by atoms with E-state index in [9.17, 15) is 43.8 Å². The number of carbonyl (C=O) groups is 6. The quantitative estimate of drug-likeness (QED) is 0.106. The highest BCUT2D eigenvalue weighted by Gasteiger charge is 2.68. The van der Waals surface area contributed by atoms with Gasteiger partial charge in [0.1, 0.15) is 23.9 Å². The summed E-state index contributed by atoms with van der Waals surface area (Å²) in [7, 11) is 0. The maximum absolute atomic E-state index is 13.2. The second kappa shape index (κ2) is 15.3. The first kappa shape index (κ1) is 37.7. The van der Waals surface area contributed by atoms with E-state index in [2.05, 4.69) is 35.9 Å². The van der Waals surface area contributed by atoms with Gasteiger partial charge in [0.25, 0.3) is 11.5 Å². The van der Waals surface area contributed by atoms with Crippen molar-refractivity contribution in [2.45, 2.75) is 81.9 Å². The number of carbonyl (C=O) groups excluding carboxylic acids is 6. The maximum atomic E-state index is 13.2. The Bertz CT molecular complexity index is 2070. The largest absolute Gasteiger partial charge is 0.480 e. The van der Waals surface area contributed by atoms with Gasteiger partial charge in [-0.25, -0.2) is 19.6 Å². The lowest BCUT2D eigenvalue weighted by molar-refractivity contribution is -0.191. The molecule has 3 aromatic rings. The molecule has 0 saturated carbocycles. The molecule has 21 nitrogen and oxygen atoms in total. The Balaban J connectivity index is 0.00000175. The summed E-state index contributed by atoms with van der Waals surface area (Å²) in [5.41, 5.74) is 6.38. The van der Waals surface area contributed by atoms with Crippen LogP contribution in [-0.2, 0) is 40.1 Å². The Morgan fingerprint density at radius 2 is 1.75 bits per heavy atom. The van der Waals surface area contributed by atoms with E-state index >= 15 is 0 Å². The van der Waals surface area contributed by atoms with Crippen LogP contribution in [0.1, 0.15) is 61.5 Å². The molecule has 0 bridgehead atoms. The molecule has 3 amide bonds. The molecule has 3 saturated heterocycles. The van der Waals surface area contributed by atoms with Crippen LogP contribution >= 0.6 is 0 Å². The van der Waals surface area contributed by atoms with Crippen molar-refractivity contribution in [3.05, 3.63) is 52.1 Å². The second-order valence-electron chi connectivity index (χ2n) is 12.5. The Morgan fingerprint density at radius 1 is 1.06 bits per heavy atom. The molecule has 1 aromatic carbocycles. The minimum atomic E-state index is -1.36. The van der Waals surface area contributed by atoms with Crippen LogP contribution in [0, 0.1) is 0 Å². The Kier molecular flexibility index (Phi) is 10.9. The molecule has 278 valence electrons. The number of hydrogen-bond acceptors (Lipinski definition) is 15. The fourth-order valence-electron chi connectivity index (χ4n) is 6.80. The number of ketones is 1. The number of nitrogens with two attached hydrogens (primary N) is 1. The Hall–Kier alpha value is -6.60. The van der Waals surface area contributed by atoms with Gasteiger partial charge in [-0.05, 0) is 50.5 Å². The molecule has 3 aliphatic heterocycles. The van der Waals surface area contributed by atoms with Gasteiger partial charge in [-0.2, -0.15) is 14.6 Å². The average molecular weight is 735 g/mol. The van der Waals surface area contributed by atoms with Crippen LogP contribution in [0.2, 0.25) is 0 Å². The third-order valence-corrected chi connectivity index (χ3v) is 9.22. The van der Waals surface area contributed by atoms with Crippen LogP contribution in [0.3, 0.4) is 0 Å². The van der Waals surface area contributed by atoms with Crippen molar-refractivity contribution in [3.63, 3.8) is 0 Å². The van der Waals surface area contributed by atoms with E-state index < -0.39 is 65.2 Å². The second-order valence-corrected chi connectivity index (χ2v) is 12.5. The zero-order chi connectivity index (χ0) is 38.6. The highest BCUT2D eigenvalue weighted by molar-refractivity contribution is 5.99.